The third kappa shape index (κ3) is 3.65. The number of benzene rings is 2. The summed E-state index contributed by atoms with van der Waals surface area (Å²) in [5.41, 5.74) is 2.38. The minimum Gasteiger partial charge on any atom is -0.465 e. The van der Waals surface area contributed by atoms with Gasteiger partial charge in [0.1, 0.15) is 5.82 Å². The van der Waals surface area contributed by atoms with Crippen molar-refractivity contribution < 1.29 is 13.9 Å². The second-order valence-corrected chi connectivity index (χ2v) is 6.29. The van der Waals surface area contributed by atoms with Crippen molar-refractivity contribution in [2.24, 2.45) is 0 Å². The van der Waals surface area contributed by atoms with Gasteiger partial charge in [-0.25, -0.2) is 9.18 Å². The molecule has 2 aromatic rings. The quantitative estimate of drug-likeness (QED) is 0.739. The van der Waals surface area contributed by atoms with Gasteiger partial charge >= 0.3 is 5.97 Å². The van der Waals surface area contributed by atoms with E-state index in [1.54, 1.807) is 18.2 Å². The molecule has 0 N–H and O–H groups in total. The minimum atomic E-state index is -0.333. The monoisotopic (exact) mass is 327 g/mol. The molecule has 0 radical (unpaired) electrons. The SMILES string of the molecule is COC(=O)c1ccc(CN(C2CC2)C(C)c2ccccc2F)cc1. The van der Waals surface area contributed by atoms with E-state index >= 15 is 0 Å². The molecule has 0 spiro atoms. The smallest absolute Gasteiger partial charge is 0.337 e. The van der Waals surface area contributed by atoms with Crippen LogP contribution in [0.5, 0.6) is 0 Å². The Balaban J connectivity index is 1.77. The number of esters is 1. The zero-order valence-electron chi connectivity index (χ0n) is 14.0. The molecule has 0 saturated heterocycles. The Bertz CT molecular complexity index is 710. The van der Waals surface area contributed by atoms with E-state index in [0.717, 1.165) is 30.5 Å². The number of carbonyl (C=O) groups is 1. The number of ether oxygens (including phenoxy) is 1. The van der Waals surface area contributed by atoms with E-state index in [1.807, 2.05) is 24.3 Å². The molecule has 1 fully saturated rings. The van der Waals surface area contributed by atoms with Gasteiger partial charge in [0, 0.05) is 24.2 Å². The average Bonchev–Trinajstić information content (AvgIpc) is 3.44. The summed E-state index contributed by atoms with van der Waals surface area (Å²) in [4.78, 5) is 13.9. The Morgan fingerprint density at radius 2 is 1.88 bits per heavy atom. The van der Waals surface area contributed by atoms with Crippen LogP contribution in [0, 0.1) is 5.82 Å². The van der Waals surface area contributed by atoms with Crippen molar-refractivity contribution >= 4 is 5.97 Å². The van der Waals surface area contributed by atoms with Crippen molar-refractivity contribution in [3.8, 4) is 0 Å². The van der Waals surface area contributed by atoms with Crippen LogP contribution in [-0.2, 0) is 11.3 Å². The molecule has 0 bridgehead atoms. The molecule has 0 amide bonds. The lowest BCUT2D eigenvalue weighted by atomic mass is 10.0. The summed E-state index contributed by atoms with van der Waals surface area (Å²) in [6, 6.07) is 14.9. The van der Waals surface area contributed by atoms with Crippen molar-refractivity contribution in [1.29, 1.82) is 0 Å². The molecule has 1 unspecified atom stereocenters. The van der Waals surface area contributed by atoms with Gasteiger partial charge in [-0.05, 0) is 43.5 Å². The first-order chi connectivity index (χ1) is 11.6. The number of hydrogen-bond donors (Lipinski definition) is 0. The number of hydrogen-bond acceptors (Lipinski definition) is 3. The average molecular weight is 327 g/mol. The van der Waals surface area contributed by atoms with Gasteiger partial charge in [-0.1, -0.05) is 30.3 Å². The highest BCUT2D eigenvalue weighted by Gasteiger charge is 2.33. The lowest BCUT2D eigenvalue weighted by Gasteiger charge is -2.30. The zero-order chi connectivity index (χ0) is 17.1. The van der Waals surface area contributed by atoms with E-state index in [1.165, 1.54) is 13.2 Å². The van der Waals surface area contributed by atoms with E-state index in [0.29, 0.717) is 11.6 Å². The molecule has 1 saturated carbocycles. The third-order valence-electron chi connectivity index (χ3n) is 4.61. The minimum absolute atomic E-state index is 0.0129. The predicted octanol–water partition coefficient (Wildman–Crippen LogP) is 4.34. The van der Waals surface area contributed by atoms with E-state index in [4.69, 9.17) is 4.74 Å². The topological polar surface area (TPSA) is 29.5 Å². The van der Waals surface area contributed by atoms with E-state index in [-0.39, 0.29) is 17.8 Å². The fourth-order valence-corrected chi connectivity index (χ4v) is 3.06. The first kappa shape index (κ1) is 16.7. The standard InChI is InChI=1S/C20H22FNO2/c1-14(18-5-3-4-6-19(18)21)22(17-11-12-17)13-15-7-9-16(10-8-15)20(23)24-2/h3-10,14,17H,11-13H2,1-2H3. The summed E-state index contributed by atoms with van der Waals surface area (Å²) in [5.74, 6) is -0.489. The normalized spacial score (nSPS) is 15.3. The first-order valence-corrected chi connectivity index (χ1v) is 8.27. The van der Waals surface area contributed by atoms with Crippen molar-refractivity contribution in [1.82, 2.24) is 4.90 Å². The Labute approximate surface area is 142 Å². The fraction of sp³-hybridized carbons (Fsp3) is 0.350. The van der Waals surface area contributed by atoms with E-state index in [2.05, 4.69) is 11.8 Å². The zero-order valence-corrected chi connectivity index (χ0v) is 14.0. The molecule has 0 heterocycles. The van der Waals surface area contributed by atoms with E-state index < -0.39 is 0 Å². The fourth-order valence-electron chi connectivity index (χ4n) is 3.06. The van der Waals surface area contributed by atoms with Gasteiger partial charge in [0.05, 0.1) is 12.7 Å². The lowest BCUT2D eigenvalue weighted by molar-refractivity contribution is 0.0600. The van der Waals surface area contributed by atoms with E-state index in [9.17, 15) is 9.18 Å². The molecule has 3 rings (SSSR count). The second-order valence-electron chi connectivity index (χ2n) is 6.29. The highest BCUT2D eigenvalue weighted by Crippen LogP contribution is 2.36. The van der Waals surface area contributed by atoms with Crippen molar-refractivity contribution in [2.75, 3.05) is 7.11 Å². The molecule has 2 aromatic carbocycles. The van der Waals surface area contributed by atoms with Gasteiger partial charge in [-0.2, -0.15) is 0 Å². The molecule has 1 atom stereocenters. The van der Waals surface area contributed by atoms with Crippen molar-refractivity contribution in [2.45, 2.75) is 38.4 Å². The molecular formula is C20H22FNO2. The van der Waals surface area contributed by atoms with Crippen LogP contribution in [0.25, 0.3) is 0 Å². The maximum Gasteiger partial charge on any atom is 0.337 e. The summed E-state index contributed by atoms with van der Waals surface area (Å²) in [6.07, 6.45) is 2.30. The molecule has 1 aliphatic carbocycles. The number of methoxy groups -OCH3 is 1. The maximum atomic E-state index is 14.1. The number of carbonyl (C=O) groups excluding carboxylic acids is 1. The third-order valence-corrected chi connectivity index (χ3v) is 4.61. The molecule has 126 valence electrons. The number of nitrogens with zero attached hydrogens (tertiary/aromatic N) is 1. The van der Waals surface area contributed by atoms with Gasteiger partial charge in [0.2, 0.25) is 0 Å². The van der Waals surface area contributed by atoms with Crippen molar-refractivity contribution in [3.05, 3.63) is 71.0 Å². The van der Waals surface area contributed by atoms with Gasteiger partial charge in [0.25, 0.3) is 0 Å². The highest BCUT2D eigenvalue weighted by molar-refractivity contribution is 5.89. The largest absolute Gasteiger partial charge is 0.465 e. The van der Waals surface area contributed by atoms with Crippen LogP contribution in [0.2, 0.25) is 0 Å². The molecule has 24 heavy (non-hydrogen) atoms. The molecule has 0 aromatic heterocycles. The van der Waals surface area contributed by atoms with Gasteiger partial charge in [-0.15, -0.1) is 0 Å². The van der Waals surface area contributed by atoms with Gasteiger partial charge in [0.15, 0.2) is 0 Å². The Morgan fingerprint density at radius 3 is 2.46 bits per heavy atom. The maximum absolute atomic E-state index is 14.1. The van der Waals surface area contributed by atoms with Gasteiger partial charge < -0.3 is 4.74 Å². The Hall–Kier alpha value is -2.20. The van der Waals surface area contributed by atoms with Crippen LogP contribution in [0.4, 0.5) is 4.39 Å². The van der Waals surface area contributed by atoms with Crippen LogP contribution in [0.3, 0.4) is 0 Å². The van der Waals surface area contributed by atoms with Crippen LogP contribution in [0.15, 0.2) is 48.5 Å². The molecule has 1 aliphatic rings. The second kappa shape index (κ2) is 7.14. The van der Waals surface area contributed by atoms with Crippen molar-refractivity contribution in [3.63, 3.8) is 0 Å². The number of halogens is 1. The first-order valence-electron chi connectivity index (χ1n) is 8.27. The van der Waals surface area contributed by atoms with Crippen LogP contribution < -0.4 is 0 Å². The molecular weight excluding hydrogens is 305 g/mol. The molecule has 4 heteroatoms. The van der Waals surface area contributed by atoms with Crippen LogP contribution in [0.1, 0.15) is 47.3 Å². The highest BCUT2D eigenvalue weighted by atomic mass is 19.1. The Morgan fingerprint density at radius 1 is 1.21 bits per heavy atom. The summed E-state index contributed by atoms with van der Waals surface area (Å²) < 4.78 is 18.8. The summed E-state index contributed by atoms with van der Waals surface area (Å²) in [6.45, 7) is 2.79. The predicted molar refractivity (Wildman–Crippen MR) is 91.2 cm³/mol. The summed E-state index contributed by atoms with van der Waals surface area (Å²) in [5, 5.41) is 0. The van der Waals surface area contributed by atoms with Crippen LogP contribution >= 0.6 is 0 Å². The van der Waals surface area contributed by atoms with Crippen LogP contribution in [-0.4, -0.2) is 24.0 Å². The number of rotatable bonds is 6. The van der Waals surface area contributed by atoms with Gasteiger partial charge in [-0.3, -0.25) is 4.90 Å². The molecule has 3 nitrogen and oxygen atoms in total. The summed E-state index contributed by atoms with van der Waals surface area (Å²) >= 11 is 0. The lowest BCUT2D eigenvalue weighted by Crippen LogP contribution is -2.29. The Kier molecular flexibility index (Phi) is 4.95. The summed E-state index contributed by atoms with van der Waals surface area (Å²) in [7, 11) is 1.38. The molecule has 0 aliphatic heterocycles.